The lowest BCUT2D eigenvalue weighted by Crippen LogP contribution is -2.22. The molecule has 0 radical (unpaired) electrons. The van der Waals surface area contributed by atoms with Gasteiger partial charge in [-0.1, -0.05) is 19.9 Å². The van der Waals surface area contributed by atoms with E-state index in [9.17, 15) is 14.4 Å². The highest BCUT2D eigenvalue weighted by atomic mass is 32.1. The minimum Gasteiger partial charge on any atom is -0.462 e. The van der Waals surface area contributed by atoms with Crippen molar-refractivity contribution in [3.8, 4) is 0 Å². The Bertz CT molecular complexity index is 901. The molecule has 0 atom stereocenters. The monoisotopic (exact) mass is 417 g/mol. The predicted octanol–water partition coefficient (Wildman–Crippen LogP) is 4.54. The van der Waals surface area contributed by atoms with Gasteiger partial charge in [-0.3, -0.25) is 4.79 Å². The number of thiophene rings is 1. The highest BCUT2D eigenvalue weighted by Crippen LogP contribution is 2.31. The Morgan fingerprint density at radius 3 is 2.41 bits per heavy atom. The first-order chi connectivity index (χ1) is 13.7. The van der Waals surface area contributed by atoms with E-state index in [-0.39, 0.29) is 6.61 Å². The molecule has 0 saturated heterocycles. The second-order valence-corrected chi connectivity index (χ2v) is 8.09. The van der Waals surface area contributed by atoms with Crippen LogP contribution < -0.4 is 5.32 Å². The van der Waals surface area contributed by atoms with Crippen molar-refractivity contribution in [2.24, 2.45) is 5.92 Å². The molecule has 0 saturated carbocycles. The van der Waals surface area contributed by atoms with Crippen LogP contribution in [0, 0.1) is 19.8 Å². The first kappa shape index (κ1) is 22.6. The van der Waals surface area contributed by atoms with E-state index in [1.807, 2.05) is 25.3 Å². The van der Waals surface area contributed by atoms with Crippen LogP contribution in [0.15, 0.2) is 23.6 Å². The van der Waals surface area contributed by atoms with Gasteiger partial charge < -0.3 is 14.8 Å². The number of aryl methyl sites for hydroxylation is 2. The van der Waals surface area contributed by atoms with Gasteiger partial charge in [-0.25, -0.2) is 9.59 Å². The van der Waals surface area contributed by atoms with E-state index in [2.05, 4.69) is 19.2 Å². The van der Waals surface area contributed by atoms with Gasteiger partial charge in [-0.05, 0) is 67.3 Å². The quantitative estimate of drug-likeness (QED) is 0.638. The van der Waals surface area contributed by atoms with Gasteiger partial charge >= 0.3 is 11.9 Å². The summed E-state index contributed by atoms with van der Waals surface area (Å²) in [4.78, 5) is 36.8. The van der Waals surface area contributed by atoms with Crippen molar-refractivity contribution in [3.63, 3.8) is 0 Å². The largest absolute Gasteiger partial charge is 0.462 e. The molecule has 6 nitrogen and oxygen atoms in total. The van der Waals surface area contributed by atoms with Crippen LogP contribution in [0.5, 0.6) is 0 Å². The third-order valence-corrected chi connectivity index (χ3v) is 5.25. The average molecular weight is 418 g/mol. The highest BCUT2D eigenvalue weighted by Gasteiger charge is 2.22. The Morgan fingerprint density at radius 2 is 1.79 bits per heavy atom. The molecule has 0 aliphatic heterocycles. The molecular formula is C22H27NO5S. The number of rotatable bonds is 8. The Kier molecular flexibility index (Phi) is 7.96. The van der Waals surface area contributed by atoms with Crippen molar-refractivity contribution in [1.82, 2.24) is 0 Å². The topological polar surface area (TPSA) is 81.7 Å². The Labute approximate surface area is 175 Å². The lowest BCUT2D eigenvalue weighted by molar-refractivity contribution is -0.119. The molecule has 2 aromatic rings. The Hall–Kier alpha value is -2.67. The summed E-state index contributed by atoms with van der Waals surface area (Å²) in [5.41, 5.74) is 3.65. The number of carbonyl (C=O) groups excluding carboxylic acids is 3. The summed E-state index contributed by atoms with van der Waals surface area (Å²) in [6.07, 6.45) is 0.697. The normalized spacial score (nSPS) is 10.7. The van der Waals surface area contributed by atoms with Gasteiger partial charge in [0.15, 0.2) is 6.61 Å². The molecule has 7 heteroatoms. The molecule has 1 aromatic carbocycles. The molecular weight excluding hydrogens is 390 g/mol. The smallest absolute Gasteiger partial charge is 0.341 e. The molecule has 156 valence electrons. The van der Waals surface area contributed by atoms with E-state index >= 15 is 0 Å². The van der Waals surface area contributed by atoms with E-state index in [4.69, 9.17) is 9.47 Å². The number of esters is 2. The van der Waals surface area contributed by atoms with Crippen molar-refractivity contribution < 1.29 is 23.9 Å². The Balaban J connectivity index is 2.06. The van der Waals surface area contributed by atoms with Crippen LogP contribution in [-0.4, -0.2) is 31.1 Å². The van der Waals surface area contributed by atoms with Crippen LogP contribution >= 0.6 is 11.3 Å². The van der Waals surface area contributed by atoms with Crippen molar-refractivity contribution >= 4 is 34.2 Å². The highest BCUT2D eigenvalue weighted by molar-refractivity contribution is 7.15. The number of anilines is 1. The van der Waals surface area contributed by atoms with Gasteiger partial charge in [0.2, 0.25) is 0 Å². The third-order valence-electron chi connectivity index (χ3n) is 4.30. The SMILES string of the molecule is CCOC(=O)c1c(CC(C)C)csc1NC(=O)COC(=O)c1ccc(C)c(C)c1. The molecule has 0 aliphatic carbocycles. The molecule has 0 unspecified atom stereocenters. The molecule has 1 heterocycles. The number of ether oxygens (including phenoxy) is 2. The predicted molar refractivity (Wildman–Crippen MR) is 114 cm³/mol. The second-order valence-electron chi connectivity index (χ2n) is 7.21. The standard InChI is InChI=1S/C22H27NO5S/c1-6-27-22(26)19-17(9-13(2)3)12-29-20(19)23-18(24)11-28-21(25)16-8-7-14(4)15(5)10-16/h7-8,10,12-13H,6,9,11H2,1-5H3,(H,23,24). The minimum absolute atomic E-state index is 0.247. The first-order valence-corrected chi connectivity index (χ1v) is 10.4. The molecule has 0 fully saturated rings. The summed E-state index contributed by atoms with van der Waals surface area (Å²) in [7, 11) is 0. The van der Waals surface area contributed by atoms with Gasteiger partial charge in [0.05, 0.1) is 17.7 Å². The van der Waals surface area contributed by atoms with E-state index in [0.29, 0.717) is 28.5 Å². The summed E-state index contributed by atoms with van der Waals surface area (Å²) in [6.45, 7) is 9.50. The number of benzene rings is 1. The third kappa shape index (κ3) is 6.15. The first-order valence-electron chi connectivity index (χ1n) is 9.54. The van der Waals surface area contributed by atoms with Crippen LogP contribution in [0.4, 0.5) is 5.00 Å². The number of hydrogen-bond donors (Lipinski definition) is 1. The van der Waals surface area contributed by atoms with Gasteiger partial charge in [0.1, 0.15) is 5.00 Å². The van der Waals surface area contributed by atoms with Crippen LogP contribution in [-0.2, 0) is 20.7 Å². The average Bonchev–Trinajstić information content (AvgIpc) is 3.03. The molecule has 1 amide bonds. The number of nitrogens with one attached hydrogen (secondary N) is 1. The fourth-order valence-electron chi connectivity index (χ4n) is 2.75. The van der Waals surface area contributed by atoms with E-state index in [1.54, 1.807) is 19.1 Å². The number of amides is 1. The number of carbonyl (C=O) groups is 3. The molecule has 0 spiro atoms. The van der Waals surface area contributed by atoms with Crippen molar-refractivity contribution in [2.45, 2.75) is 41.0 Å². The molecule has 1 N–H and O–H groups in total. The Morgan fingerprint density at radius 1 is 1.07 bits per heavy atom. The van der Waals surface area contributed by atoms with Gasteiger partial charge in [0, 0.05) is 0 Å². The fourth-order valence-corrected chi connectivity index (χ4v) is 3.73. The molecule has 29 heavy (non-hydrogen) atoms. The maximum atomic E-state index is 12.4. The maximum absolute atomic E-state index is 12.4. The molecule has 2 rings (SSSR count). The zero-order valence-corrected chi connectivity index (χ0v) is 18.3. The zero-order chi connectivity index (χ0) is 21.6. The summed E-state index contributed by atoms with van der Waals surface area (Å²) < 4.78 is 10.3. The van der Waals surface area contributed by atoms with Gasteiger partial charge in [-0.15, -0.1) is 11.3 Å². The lowest BCUT2D eigenvalue weighted by Gasteiger charge is -2.10. The van der Waals surface area contributed by atoms with Crippen molar-refractivity contribution in [3.05, 3.63) is 51.4 Å². The van der Waals surface area contributed by atoms with Gasteiger partial charge in [-0.2, -0.15) is 0 Å². The summed E-state index contributed by atoms with van der Waals surface area (Å²) in [5, 5.41) is 4.93. The van der Waals surface area contributed by atoms with Crippen LogP contribution in [0.25, 0.3) is 0 Å². The van der Waals surface area contributed by atoms with Crippen LogP contribution in [0.1, 0.15) is 58.2 Å². The van der Waals surface area contributed by atoms with E-state index in [0.717, 1.165) is 16.7 Å². The zero-order valence-electron chi connectivity index (χ0n) is 17.5. The molecule has 0 aliphatic rings. The summed E-state index contributed by atoms with van der Waals surface area (Å²) in [6, 6.07) is 5.23. The van der Waals surface area contributed by atoms with E-state index < -0.39 is 24.5 Å². The molecule has 1 aromatic heterocycles. The summed E-state index contributed by atoms with van der Waals surface area (Å²) >= 11 is 1.26. The molecule has 0 bridgehead atoms. The number of hydrogen-bond acceptors (Lipinski definition) is 6. The van der Waals surface area contributed by atoms with Crippen LogP contribution in [0.2, 0.25) is 0 Å². The fraction of sp³-hybridized carbons (Fsp3) is 0.409. The second kappa shape index (κ2) is 10.2. The van der Waals surface area contributed by atoms with Gasteiger partial charge in [0.25, 0.3) is 5.91 Å². The lowest BCUT2D eigenvalue weighted by atomic mass is 10.0. The van der Waals surface area contributed by atoms with Crippen molar-refractivity contribution in [1.29, 1.82) is 0 Å². The van der Waals surface area contributed by atoms with Crippen molar-refractivity contribution in [2.75, 3.05) is 18.5 Å². The summed E-state index contributed by atoms with van der Waals surface area (Å²) in [5.74, 6) is -1.20. The van der Waals surface area contributed by atoms with E-state index in [1.165, 1.54) is 11.3 Å². The maximum Gasteiger partial charge on any atom is 0.341 e. The van der Waals surface area contributed by atoms with Crippen LogP contribution in [0.3, 0.4) is 0 Å². The minimum atomic E-state index is -0.569.